The maximum atomic E-state index is 13.2. The van der Waals surface area contributed by atoms with Gasteiger partial charge in [0.1, 0.15) is 10.8 Å². The van der Waals surface area contributed by atoms with Gasteiger partial charge in [-0.2, -0.15) is 0 Å². The Hall–Kier alpha value is -2.67. The Balaban J connectivity index is 1.23. The second kappa shape index (κ2) is 8.03. The number of ether oxygens (including phenoxy) is 1. The zero-order chi connectivity index (χ0) is 21.7. The van der Waals surface area contributed by atoms with E-state index in [0.29, 0.717) is 10.9 Å². The van der Waals surface area contributed by atoms with Gasteiger partial charge in [-0.1, -0.05) is 23.7 Å². The number of aromatic nitrogens is 2. The lowest BCUT2D eigenvalue weighted by molar-refractivity contribution is 0.191. The third kappa shape index (κ3) is 3.83. The molecule has 4 aromatic rings. The summed E-state index contributed by atoms with van der Waals surface area (Å²) in [6.07, 6.45) is 7.42. The van der Waals surface area contributed by atoms with Crippen LogP contribution in [0.15, 0.2) is 65.7 Å². The van der Waals surface area contributed by atoms with Gasteiger partial charge in [-0.15, -0.1) is 11.3 Å². The fourth-order valence-corrected chi connectivity index (χ4v) is 5.58. The molecule has 32 heavy (non-hydrogen) atoms. The summed E-state index contributed by atoms with van der Waals surface area (Å²) in [7, 11) is 0. The van der Waals surface area contributed by atoms with Crippen LogP contribution < -0.4 is 10.3 Å². The zero-order valence-electron chi connectivity index (χ0n) is 17.4. The van der Waals surface area contributed by atoms with Crippen molar-refractivity contribution >= 4 is 33.0 Å². The molecule has 0 N–H and O–H groups in total. The number of pyridine rings is 2. The van der Waals surface area contributed by atoms with Gasteiger partial charge in [-0.3, -0.25) is 14.3 Å². The molecule has 0 bridgehead atoms. The van der Waals surface area contributed by atoms with Crippen LogP contribution in [0.5, 0.6) is 5.88 Å². The lowest BCUT2D eigenvalue weighted by Gasteiger charge is -2.15. The van der Waals surface area contributed by atoms with Gasteiger partial charge in [0.15, 0.2) is 0 Å². The first-order chi connectivity index (χ1) is 15.6. The van der Waals surface area contributed by atoms with E-state index in [1.54, 1.807) is 10.8 Å². The number of hydrogen-bond acceptors (Lipinski definition) is 5. The first-order valence-electron chi connectivity index (χ1n) is 10.9. The van der Waals surface area contributed by atoms with Gasteiger partial charge in [-0.05, 0) is 55.2 Å². The fraction of sp³-hybridized carbons (Fsp3) is 0.280. The van der Waals surface area contributed by atoms with Crippen molar-refractivity contribution < 1.29 is 4.74 Å². The van der Waals surface area contributed by atoms with Crippen LogP contribution in [0.2, 0.25) is 5.02 Å². The Morgan fingerprint density at radius 1 is 1.06 bits per heavy atom. The summed E-state index contributed by atoms with van der Waals surface area (Å²) in [5.74, 6) is 0.617. The molecule has 1 saturated heterocycles. The SMILES string of the molecule is O=c1c2sc(-c3ccc(Cl)cc3)cc2ccn1-c1ccc(O[C@@H]2CCN(C3CC3)C2)nc1. The predicted molar refractivity (Wildman–Crippen MR) is 129 cm³/mol. The average Bonchev–Trinajstić information content (AvgIpc) is 3.39. The molecule has 0 unspecified atom stereocenters. The minimum atomic E-state index is -0.0425. The Labute approximate surface area is 194 Å². The normalized spacial score (nSPS) is 19.0. The lowest BCUT2D eigenvalue weighted by atomic mass is 10.2. The molecule has 2 aliphatic rings. The molecule has 0 spiro atoms. The van der Waals surface area contributed by atoms with E-state index in [1.807, 2.05) is 48.7 Å². The molecule has 1 saturated carbocycles. The summed E-state index contributed by atoms with van der Waals surface area (Å²) in [5, 5.41) is 1.64. The van der Waals surface area contributed by atoms with Crippen molar-refractivity contribution in [3.05, 3.63) is 76.3 Å². The van der Waals surface area contributed by atoms with Crippen molar-refractivity contribution in [2.75, 3.05) is 13.1 Å². The summed E-state index contributed by atoms with van der Waals surface area (Å²) in [4.78, 5) is 21.2. The fourth-order valence-electron chi connectivity index (χ4n) is 4.36. The van der Waals surface area contributed by atoms with Crippen LogP contribution in [0.4, 0.5) is 0 Å². The maximum Gasteiger partial charge on any atom is 0.273 e. The Kier molecular flexibility index (Phi) is 5.01. The highest BCUT2D eigenvalue weighted by atomic mass is 35.5. The van der Waals surface area contributed by atoms with E-state index < -0.39 is 0 Å². The van der Waals surface area contributed by atoms with Gasteiger partial charge in [-0.25, -0.2) is 4.98 Å². The highest BCUT2D eigenvalue weighted by Gasteiger charge is 2.35. The second-order valence-corrected chi connectivity index (χ2v) is 9.99. The highest BCUT2D eigenvalue weighted by Crippen LogP contribution is 2.33. The monoisotopic (exact) mass is 463 g/mol. The van der Waals surface area contributed by atoms with Crippen LogP contribution in [-0.4, -0.2) is 39.7 Å². The topological polar surface area (TPSA) is 47.4 Å². The molecule has 2 fully saturated rings. The van der Waals surface area contributed by atoms with Crippen molar-refractivity contribution in [1.29, 1.82) is 0 Å². The lowest BCUT2D eigenvalue weighted by Crippen LogP contribution is -2.26. The van der Waals surface area contributed by atoms with Crippen LogP contribution in [0, 0.1) is 0 Å². The standard InChI is InChI=1S/C25H22ClN3O2S/c26-18-3-1-16(2-4-18)22-13-17-9-12-29(25(30)24(17)32-22)20-7-8-23(27-14-20)31-21-10-11-28(15-21)19-5-6-19/h1-4,7-9,12-14,19,21H,5-6,10-11,15H2/t21-/m1/s1. The minimum Gasteiger partial charge on any atom is -0.473 e. The largest absolute Gasteiger partial charge is 0.473 e. The van der Waals surface area contributed by atoms with E-state index in [4.69, 9.17) is 16.3 Å². The van der Waals surface area contributed by atoms with E-state index in [0.717, 1.165) is 51.8 Å². The van der Waals surface area contributed by atoms with E-state index in [1.165, 1.54) is 24.2 Å². The van der Waals surface area contributed by atoms with Gasteiger partial charge in [0.25, 0.3) is 5.56 Å². The van der Waals surface area contributed by atoms with Crippen molar-refractivity contribution in [3.63, 3.8) is 0 Å². The Bertz CT molecular complexity index is 1330. The van der Waals surface area contributed by atoms with E-state index in [2.05, 4.69) is 16.0 Å². The number of thiophene rings is 1. The first kappa shape index (κ1) is 20.0. The molecule has 1 aromatic carbocycles. The maximum absolute atomic E-state index is 13.2. The predicted octanol–water partition coefficient (Wildman–Crippen LogP) is 5.38. The molecule has 3 aromatic heterocycles. The second-order valence-electron chi connectivity index (χ2n) is 8.50. The number of halogens is 1. The van der Waals surface area contributed by atoms with Gasteiger partial charge < -0.3 is 4.74 Å². The summed E-state index contributed by atoms with van der Waals surface area (Å²) in [6, 6.07) is 16.2. The molecule has 1 aliphatic carbocycles. The van der Waals surface area contributed by atoms with Crippen molar-refractivity contribution in [2.45, 2.75) is 31.4 Å². The van der Waals surface area contributed by atoms with Crippen LogP contribution in [0.1, 0.15) is 19.3 Å². The van der Waals surface area contributed by atoms with Gasteiger partial charge in [0.05, 0.1) is 11.9 Å². The number of hydrogen-bond donors (Lipinski definition) is 0. The number of benzene rings is 1. The van der Waals surface area contributed by atoms with Gasteiger partial charge in [0.2, 0.25) is 5.88 Å². The third-order valence-electron chi connectivity index (χ3n) is 6.23. The molecule has 6 rings (SSSR count). The summed E-state index contributed by atoms with van der Waals surface area (Å²) in [6.45, 7) is 2.10. The van der Waals surface area contributed by atoms with Crippen LogP contribution >= 0.6 is 22.9 Å². The van der Waals surface area contributed by atoms with Crippen LogP contribution in [0.25, 0.3) is 26.2 Å². The highest BCUT2D eigenvalue weighted by molar-refractivity contribution is 7.22. The molecule has 7 heteroatoms. The minimum absolute atomic E-state index is 0.0425. The molecule has 5 nitrogen and oxygen atoms in total. The molecule has 162 valence electrons. The first-order valence-corrected chi connectivity index (χ1v) is 12.1. The van der Waals surface area contributed by atoms with Crippen molar-refractivity contribution in [2.24, 2.45) is 0 Å². The van der Waals surface area contributed by atoms with Crippen LogP contribution in [-0.2, 0) is 0 Å². The van der Waals surface area contributed by atoms with E-state index >= 15 is 0 Å². The molecule has 0 amide bonds. The third-order valence-corrected chi connectivity index (χ3v) is 7.67. The van der Waals surface area contributed by atoms with Crippen molar-refractivity contribution in [1.82, 2.24) is 14.5 Å². The van der Waals surface area contributed by atoms with E-state index in [9.17, 15) is 4.79 Å². The quantitative estimate of drug-likeness (QED) is 0.398. The Morgan fingerprint density at radius 3 is 2.66 bits per heavy atom. The average molecular weight is 464 g/mol. The molecular weight excluding hydrogens is 442 g/mol. The molecule has 4 heterocycles. The van der Waals surface area contributed by atoms with Crippen molar-refractivity contribution in [3.8, 4) is 22.0 Å². The molecule has 0 radical (unpaired) electrons. The summed E-state index contributed by atoms with van der Waals surface area (Å²) in [5.41, 5.74) is 1.74. The Morgan fingerprint density at radius 2 is 1.91 bits per heavy atom. The van der Waals surface area contributed by atoms with Gasteiger partial charge in [0, 0.05) is 46.7 Å². The number of likely N-dealkylation sites (tertiary alicyclic amines) is 1. The number of rotatable bonds is 5. The molecular formula is C25H22ClN3O2S. The molecule has 1 aliphatic heterocycles. The smallest absolute Gasteiger partial charge is 0.273 e. The van der Waals surface area contributed by atoms with E-state index in [-0.39, 0.29) is 11.7 Å². The number of nitrogens with zero attached hydrogens (tertiary/aromatic N) is 3. The summed E-state index contributed by atoms with van der Waals surface area (Å²) >= 11 is 7.50. The summed E-state index contributed by atoms with van der Waals surface area (Å²) < 4.78 is 8.46. The number of fused-ring (bicyclic) bond motifs is 1. The molecule has 1 atom stereocenters. The van der Waals surface area contributed by atoms with Crippen LogP contribution in [0.3, 0.4) is 0 Å². The zero-order valence-corrected chi connectivity index (χ0v) is 19.0. The van der Waals surface area contributed by atoms with Gasteiger partial charge >= 0.3 is 0 Å².